The van der Waals surface area contributed by atoms with Gasteiger partial charge in [-0.1, -0.05) is 0 Å². The Hall–Kier alpha value is -0.160. The van der Waals surface area contributed by atoms with Gasteiger partial charge in [0.05, 0.1) is 26.4 Å². The lowest BCUT2D eigenvalue weighted by Gasteiger charge is -2.35. The number of hydrogen-bond acceptors (Lipinski definition) is 4. The fraction of sp³-hybridized carbons (Fsp3) is 1.00. The van der Waals surface area contributed by atoms with E-state index in [2.05, 4.69) is 9.80 Å². The number of rotatable bonds is 2. The molecule has 4 heteroatoms. The first-order valence-corrected chi connectivity index (χ1v) is 8.06. The average Bonchev–Trinajstić information content (AvgIpc) is 2.88. The van der Waals surface area contributed by atoms with Crippen LogP contribution in [-0.2, 0) is 9.47 Å². The molecule has 4 nitrogen and oxygen atoms in total. The molecule has 5 atom stereocenters. The van der Waals surface area contributed by atoms with E-state index >= 15 is 0 Å². The monoisotopic (exact) mass is 264 g/mol. The smallest absolute Gasteiger partial charge is 0.0594 e. The molecule has 6 aliphatic rings. The molecule has 0 aromatic rings. The third-order valence-electron chi connectivity index (χ3n) is 6.61. The highest BCUT2D eigenvalue weighted by molar-refractivity contribution is 5.34. The maximum atomic E-state index is 5.55. The van der Waals surface area contributed by atoms with E-state index in [9.17, 15) is 0 Å². The van der Waals surface area contributed by atoms with Crippen LogP contribution in [-0.4, -0.2) is 74.0 Å². The second kappa shape index (κ2) is 3.94. The maximum Gasteiger partial charge on any atom is 0.0594 e. The molecule has 0 aromatic heterocycles. The zero-order chi connectivity index (χ0) is 12.4. The van der Waals surface area contributed by atoms with Crippen molar-refractivity contribution in [2.24, 2.45) is 17.8 Å². The molecular formula is C15H24N2O2. The fourth-order valence-electron chi connectivity index (χ4n) is 6.04. The van der Waals surface area contributed by atoms with Gasteiger partial charge >= 0.3 is 0 Å². The molecule has 5 unspecified atom stereocenters. The van der Waals surface area contributed by atoms with Gasteiger partial charge in [-0.05, 0) is 30.6 Å². The average molecular weight is 264 g/mol. The van der Waals surface area contributed by atoms with E-state index in [1.165, 1.54) is 39.0 Å². The summed E-state index contributed by atoms with van der Waals surface area (Å²) in [7, 11) is 0. The van der Waals surface area contributed by atoms with Crippen molar-refractivity contribution in [2.45, 2.75) is 24.4 Å². The van der Waals surface area contributed by atoms with Crippen LogP contribution in [0.1, 0.15) is 12.8 Å². The van der Waals surface area contributed by atoms with Crippen LogP contribution in [0.25, 0.3) is 0 Å². The molecule has 0 amide bonds. The normalized spacial score (nSPS) is 53.7. The van der Waals surface area contributed by atoms with E-state index in [0.717, 1.165) is 50.2 Å². The van der Waals surface area contributed by atoms with Crippen molar-refractivity contribution in [1.82, 2.24) is 9.80 Å². The van der Waals surface area contributed by atoms with Gasteiger partial charge in [0.25, 0.3) is 0 Å². The summed E-state index contributed by atoms with van der Waals surface area (Å²) in [5.41, 5.74) is 0.609. The second-order valence-corrected chi connectivity index (χ2v) is 7.06. The lowest BCUT2D eigenvalue weighted by Crippen LogP contribution is -2.47. The SMILES string of the molecule is C1CN(C2C3CC4C2C4(N2CCOCC2)C3)CCO1. The number of morpholine rings is 2. The van der Waals surface area contributed by atoms with E-state index in [1.807, 2.05) is 0 Å². The Morgan fingerprint density at radius 3 is 2.26 bits per heavy atom. The van der Waals surface area contributed by atoms with Gasteiger partial charge in [0.2, 0.25) is 0 Å². The minimum absolute atomic E-state index is 0.609. The molecular weight excluding hydrogens is 240 g/mol. The minimum atomic E-state index is 0.609. The van der Waals surface area contributed by atoms with E-state index in [-0.39, 0.29) is 0 Å². The van der Waals surface area contributed by atoms with Gasteiger partial charge in [0.1, 0.15) is 0 Å². The predicted molar refractivity (Wildman–Crippen MR) is 71.0 cm³/mol. The Morgan fingerprint density at radius 2 is 1.58 bits per heavy atom. The van der Waals surface area contributed by atoms with Crippen molar-refractivity contribution in [3.63, 3.8) is 0 Å². The van der Waals surface area contributed by atoms with Crippen molar-refractivity contribution in [1.29, 1.82) is 0 Å². The molecule has 106 valence electrons. The van der Waals surface area contributed by atoms with Gasteiger partial charge in [-0.25, -0.2) is 0 Å². The number of hydrogen-bond donors (Lipinski definition) is 0. The quantitative estimate of drug-likeness (QED) is 0.722. The molecule has 2 aliphatic heterocycles. The Kier molecular flexibility index (Phi) is 2.38. The summed E-state index contributed by atoms with van der Waals surface area (Å²) in [6.45, 7) is 8.50. The van der Waals surface area contributed by atoms with Crippen molar-refractivity contribution in [2.75, 3.05) is 52.6 Å². The fourth-order valence-corrected chi connectivity index (χ4v) is 6.04. The van der Waals surface area contributed by atoms with Crippen molar-refractivity contribution < 1.29 is 9.47 Å². The van der Waals surface area contributed by atoms with E-state index < -0.39 is 0 Å². The summed E-state index contributed by atoms with van der Waals surface area (Å²) < 4.78 is 11.1. The molecule has 2 heterocycles. The highest BCUT2D eigenvalue weighted by atomic mass is 16.5. The molecule has 2 saturated heterocycles. The first-order chi connectivity index (χ1) is 9.41. The van der Waals surface area contributed by atoms with Crippen LogP contribution >= 0.6 is 0 Å². The molecule has 4 saturated carbocycles. The summed E-state index contributed by atoms with van der Waals surface area (Å²) in [5.74, 6) is 2.98. The topological polar surface area (TPSA) is 24.9 Å². The standard InChI is InChI=1S/C15H24N2O2/c1-5-18-6-2-16(1)14-11-9-12-13(14)15(12,10-11)17-3-7-19-8-4-17/h11-14H,1-10H2. The van der Waals surface area contributed by atoms with Gasteiger partial charge in [-0.2, -0.15) is 0 Å². The Labute approximate surface area is 115 Å². The summed E-state index contributed by atoms with van der Waals surface area (Å²) in [4.78, 5) is 5.56. The summed E-state index contributed by atoms with van der Waals surface area (Å²) in [6.07, 6.45) is 2.98. The molecule has 4 bridgehead atoms. The highest BCUT2D eigenvalue weighted by Gasteiger charge is 2.81. The third kappa shape index (κ3) is 1.39. The Bertz CT molecular complexity index is 378. The zero-order valence-electron chi connectivity index (χ0n) is 11.6. The second-order valence-electron chi connectivity index (χ2n) is 7.06. The van der Waals surface area contributed by atoms with Gasteiger partial charge < -0.3 is 9.47 Å². The van der Waals surface area contributed by atoms with Crippen LogP contribution in [0.3, 0.4) is 0 Å². The molecule has 4 aliphatic carbocycles. The van der Waals surface area contributed by atoms with Gasteiger partial charge in [-0.3, -0.25) is 9.80 Å². The first kappa shape index (κ1) is 11.5. The van der Waals surface area contributed by atoms with E-state index in [1.54, 1.807) is 0 Å². The first-order valence-electron chi connectivity index (χ1n) is 8.06. The zero-order valence-corrected chi connectivity index (χ0v) is 11.6. The molecule has 0 N–H and O–H groups in total. The summed E-state index contributed by atoms with van der Waals surface area (Å²) in [5, 5.41) is 0. The predicted octanol–water partition coefficient (Wildman–Crippen LogP) is 0.428. The van der Waals surface area contributed by atoms with Crippen molar-refractivity contribution in [3.8, 4) is 0 Å². The molecule has 6 fully saturated rings. The number of nitrogens with zero attached hydrogens (tertiary/aromatic N) is 2. The minimum Gasteiger partial charge on any atom is -0.379 e. The lowest BCUT2D eigenvalue weighted by molar-refractivity contribution is -0.00108. The van der Waals surface area contributed by atoms with Crippen molar-refractivity contribution >= 4 is 0 Å². The summed E-state index contributed by atoms with van der Waals surface area (Å²) in [6, 6.07) is 0.886. The highest BCUT2D eigenvalue weighted by Crippen LogP contribution is 2.76. The van der Waals surface area contributed by atoms with Crippen LogP contribution < -0.4 is 0 Å². The molecule has 19 heavy (non-hydrogen) atoms. The third-order valence-corrected chi connectivity index (χ3v) is 6.61. The number of ether oxygens (including phenoxy) is 2. The van der Waals surface area contributed by atoms with Crippen molar-refractivity contribution in [3.05, 3.63) is 0 Å². The molecule has 0 aromatic carbocycles. The van der Waals surface area contributed by atoms with Crippen LogP contribution in [0.4, 0.5) is 0 Å². The van der Waals surface area contributed by atoms with Gasteiger partial charge in [0.15, 0.2) is 0 Å². The van der Waals surface area contributed by atoms with Crippen LogP contribution in [0.2, 0.25) is 0 Å². The molecule has 0 radical (unpaired) electrons. The van der Waals surface area contributed by atoms with E-state index in [4.69, 9.17) is 9.47 Å². The van der Waals surface area contributed by atoms with Crippen LogP contribution in [0.15, 0.2) is 0 Å². The molecule has 0 spiro atoms. The van der Waals surface area contributed by atoms with Gasteiger partial charge in [0, 0.05) is 37.8 Å². The summed E-state index contributed by atoms with van der Waals surface area (Å²) >= 11 is 0. The van der Waals surface area contributed by atoms with Crippen LogP contribution in [0, 0.1) is 17.8 Å². The Balaban J connectivity index is 1.37. The lowest BCUT2D eigenvalue weighted by atomic mass is 10.0. The largest absolute Gasteiger partial charge is 0.379 e. The van der Waals surface area contributed by atoms with Gasteiger partial charge in [-0.15, -0.1) is 0 Å². The Morgan fingerprint density at radius 1 is 0.895 bits per heavy atom. The molecule has 6 rings (SSSR count). The van der Waals surface area contributed by atoms with Crippen LogP contribution in [0.5, 0.6) is 0 Å². The van der Waals surface area contributed by atoms with E-state index in [0.29, 0.717) is 5.54 Å². The maximum absolute atomic E-state index is 5.55.